The van der Waals surface area contributed by atoms with Gasteiger partial charge in [0.05, 0.1) is 6.54 Å². The number of carboxylic acid groups (broad SMARTS) is 1. The largest absolute Gasteiger partial charge is 0.480 e. The van der Waals surface area contributed by atoms with Gasteiger partial charge in [-0.25, -0.2) is 4.79 Å². The van der Waals surface area contributed by atoms with E-state index in [-0.39, 0.29) is 25.8 Å². The minimum atomic E-state index is -1.20. The normalized spacial score (nSPS) is 13.0. The van der Waals surface area contributed by atoms with Crippen molar-refractivity contribution in [3.8, 4) is 0 Å². The van der Waals surface area contributed by atoms with Crippen LogP contribution in [0.1, 0.15) is 16.7 Å². The van der Waals surface area contributed by atoms with Crippen LogP contribution in [-0.2, 0) is 38.4 Å². The fraction of sp³-hybridized carbons (Fsp3) is 0.241. The van der Waals surface area contributed by atoms with Gasteiger partial charge in [0.1, 0.15) is 18.1 Å². The predicted octanol–water partition coefficient (Wildman–Crippen LogP) is 1.21. The number of rotatable bonds is 13. The van der Waals surface area contributed by atoms with E-state index in [2.05, 4.69) is 16.0 Å². The molecule has 3 unspecified atom stereocenters. The summed E-state index contributed by atoms with van der Waals surface area (Å²) in [6.07, 6.45) is 0.389. The zero-order valence-corrected chi connectivity index (χ0v) is 20.9. The van der Waals surface area contributed by atoms with Crippen LogP contribution >= 0.6 is 0 Å². The third-order valence-corrected chi connectivity index (χ3v) is 5.93. The molecule has 3 amide bonds. The number of nitrogens with two attached hydrogens (primary N) is 1. The molecule has 38 heavy (non-hydrogen) atoms. The molecule has 3 atom stereocenters. The van der Waals surface area contributed by atoms with Crippen LogP contribution in [0.2, 0.25) is 0 Å². The van der Waals surface area contributed by atoms with Gasteiger partial charge in [-0.05, 0) is 16.7 Å². The second-order valence-electron chi connectivity index (χ2n) is 8.85. The summed E-state index contributed by atoms with van der Waals surface area (Å²) in [5, 5.41) is 17.7. The molecule has 0 bridgehead atoms. The highest BCUT2D eigenvalue weighted by Crippen LogP contribution is 2.09. The van der Waals surface area contributed by atoms with Crippen LogP contribution in [0.5, 0.6) is 0 Å². The van der Waals surface area contributed by atoms with Crippen molar-refractivity contribution in [1.29, 1.82) is 0 Å². The van der Waals surface area contributed by atoms with Gasteiger partial charge in [-0.1, -0.05) is 91.0 Å². The molecule has 0 aliphatic carbocycles. The Labute approximate surface area is 221 Å². The Morgan fingerprint density at radius 2 is 0.921 bits per heavy atom. The average Bonchev–Trinajstić information content (AvgIpc) is 2.93. The number of aliphatic carboxylic acids is 1. The van der Waals surface area contributed by atoms with Gasteiger partial charge in [-0.15, -0.1) is 0 Å². The highest BCUT2D eigenvalue weighted by molar-refractivity contribution is 5.94. The Hall–Kier alpha value is -4.50. The molecule has 0 aliphatic heterocycles. The van der Waals surface area contributed by atoms with Gasteiger partial charge in [0.15, 0.2) is 0 Å². The number of carbonyl (C=O) groups excluding carboxylic acids is 3. The third kappa shape index (κ3) is 8.86. The summed E-state index contributed by atoms with van der Waals surface area (Å²) in [6.45, 7) is -0.299. The molecule has 6 N–H and O–H groups in total. The number of nitrogens with one attached hydrogen (secondary N) is 3. The Balaban J connectivity index is 1.81. The van der Waals surface area contributed by atoms with Crippen LogP contribution in [0.4, 0.5) is 0 Å². The molecule has 0 saturated carbocycles. The van der Waals surface area contributed by atoms with E-state index in [1.165, 1.54) is 0 Å². The lowest BCUT2D eigenvalue weighted by atomic mass is 10.0. The van der Waals surface area contributed by atoms with E-state index in [0.29, 0.717) is 0 Å². The zero-order valence-electron chi connectivity index (χ0n) is 20.9. The minimum absolute atomic E-state index is 0.0805. The van der Waals surface area contributed by atoms with Gasteiger partial charge >= 0.3 is 5.97 Å². The number of benzene rings is 3. The molecule has 198 valence electrons. The Morgan fingerprint density at radius 1 is 0.579 bits per heavy atom. The van der Waals surface area contributed by atoms with Crippen molar-refractivity contribution >= 4 is 23.7 Å². The molecule has 3 rings (SSSR count). The van der Waals surface area contributed by atoms with Crippen molar-refractivity contribution < 1.29 is 24.3 Å². The number of carbonyl (C=O) groups is 4. The van der Waals surface area contributed by atoms with E-state index >= 15 is 0 Å². The molecule has 0 heterocycles. The van der Waals surface area contributed by atoms with Gasteiger partial charge in [-0.2, -0.15) is 0 Å². The van der Waals surface area contributed by atoms with E-state index in [0.717, 1.165) is 16.7 Å². The van der Waals surface area contributed by atoms with Crippen molar-refractivity contribution in [2.24, 2.45) is 5.73 Å². The van der Waals surface area contributed by atoms with Crippen molar-refractivity contribution in [2.45, 2.75) is 37.4 Å². The lowest BCUT2D eigenvalue weighted by Gasteiger charge is -2.25. The molecule has 9 heteroatoms. The topological polar surface area (TPSA) is 151 Å². The van der Waals surface area contributed by atoms with Gasteiger partial charge in [0.25, 0.3) is 0 Å². The maximum Gasteiger partial charge on any atom is 0.326 e. The highest BCUT2D eigenvalue weighted by atomic mass is 16.4. The summed E-state index contributed by atoms with van der Waals surface area (Å²) in [5.41, 5.74) is 7.77. The SMILES string of the molecule is NCC(=O)NC(Cc1ccccc1)C(=O)NC(Cc1ccccc1)C(=O)NC(Cc1ccccc1)C(=O)O. The van der Waals surface area contributed by atoms with E-state index in [1.807, 2.05) is 54.6 Å². The van der Waals surface area contributed by atoms with Crippen LogP contribution in [0.3, 0.4) is 0 Å². The lowest BCUT2D eigenvalue weighted by molar-refractivity contribution is -0.142. The maximum absolute atomic E-state index is 13.4. The predicted molar refractivity (Wildman–Crippen MR) is 143 cm³/mol. The molecule has 3 aromatic carbocycles. The molecular formula is C29H32N4O5. The number of carboxylic acids is 1. The molecule has 9 nitrogen and oxygen atoms in total. The lowest BCUT2D eigenvalue weighted by Crippen LogP contribution is -2.57. The van der Waals surface area contributed by atoms with E-state index < -0.39 is 41.8 Å². The molecular weight excluding hydrogens is 484 g/mol. The van der Waals surface area contributed by atoms with Gasteiger partial charge in [-0.3, -0.25) is 14.4 Å². The molecule has 3 aromatic rings. The molecule has 0 aliphatic rings. The van der Waals surface area contributed by atoms with Crippen molar-refractivity contribution in [2.75, 3.05) is 6.54 Å². The molecule has 0 spiro atoms. The van der Waals surface area contributed by atoms with E-state index in [4.69, 9.17) is 5.73 Å². The first-order chi connectivity index (χ1) is 18.4. The second-order valence-corrected chi connectivity index (χ2v) is 8.85. The summed E-state index contributed by atoms with van der Waals surface area (Å²) < 4.78 is 0. The summed E-state index contributed by atoms with van der Waals surface area (Å²) in [7, 11) is 0. The second kappa shape index (κ2) is 14.3. The summed E-state index contributed by atoms with van der Waals surface area (Å²) >= 11 is 0. The molecule has 0 saturated heterocycles. The first kappa shape index (κ1) is 28.1. The standard InChI is InChI=1S/C29H32N4O5/c30-19-26(34)31-23(16-20-10-4-1-5-11-20)27(35)32-24(17-21-12-6-2-7-13-21)28(36)33-25(29(37)38)18-22-14-8-3-9-15-22/h1-15,23-25H,16-19,30H2,(H,31,34)(H,32,35)(H,33,36)(H,37,38). The fourth-order valence-corrected chi connectivity index (χ4v) is 3.97. The quantitative estimate of drug-likeness (QED) is 0.230. The number of hydrogen-bond donors (Lipinski definition) is 5. The number of amides is 3. The molecule has 0 radical (unpaired) electrons. The average molecular weight is 517 g/mol. The van der Waals surface area contributed by atoms with Crippen LogP contribution in [0, 0.1) is 0 Å². The first-order valence-corrected chi connectivity index (χ1v) is 12.3. The number of hydrogen-bond acceptors (Lipinski definition) is 5. The first-order valence-electron chi connectivity index (χ1n) is 12.3. The van der Waals surface area contributed by atoms with Crippen molar-refractivity contribution in [1.82, 2.24) is 16.0 Å². The fourth-order valence-electron chi connectivity index (χ4n) is 3.97. The van der Waals surface area contributed by atoms with Gasteiger partial charge < -0.3 is 26.8 Å². The minimum Gasteiger partial charge on any atom is -0.480 e. The Kier molecular flexibility index (Phi) is 10.6. The molecule has 0 fully saturated rings. The zero-order chi connectivity index (χ0) is 27.3. The highest BCUT2D eigenvalue weighted by Gasteiger charge is 2.30. The van der Waals surface area contributed by atoms with E-state index in [9.17, 15) is 24.3 Å². The molecule has 0 aromatic heterocycles. The van der Waals surface area contributed by atoms with Crippen LogP contribution in [0.15, 0.2) is 91.0 Å². The van der Waals surface area contributed by atoms with E-state index in [1.54, 1.807) is 36.4 Å². The third-order valence-electron chi connectivity index (χ3n) is 5.93. The van der Waals surface area contributed by atoms with Gasteiger partial charge in [0.2, 0.25) is 17.7 Å². The van der Waals surface area contributed by atoms with Crippen LogP contribution in [0.25, 0.3) is 0 Å². The van der Waals surface area contributed by atoms with Gasteiger partial charge in [0, 0.05) is 19.3 Å². The smallest absolute Gasteiger partial charge is 0.326 e. The van der Waals surface area contributed by atoms with Crippen LogP contribution < -0.4 is 21.7 Å². The Bertz CT molecular complexity index is 1210. The van der Waals surface area contributed by atoms with Crippen LogP contribution in [-0.4, -0.2) is 53.5 Å². The Morgan fingerprint density at radius 3 is 1.29 bits per heavy atom. The summed E-state index contributed by atoms with van der Waals surface area (Å²) in [4.78, 5) is 50.7. The summed E-state index contributed by atoms with van der Waals surface area (Å²) in [5.74, 6) is -2.93. The maximum atomic E-state index is 13.4. The van der Waals surface area contributed by atoms with Crippen molar-refractivity contribution in [3.63, 3.8) is 0 Å². The summed E-state index contributed by atoms with van der Waals surface area (Å²) in [6, 6.07) is 23.9. The van der Waals surface area contributed by atoms with Crippen molar-refractivity contribution in [3.05, 3.63) is 108 Å². The monoisotopic (exact) mass is 516 g/mol.